The molecule has 4 rings (SSSR count). The molecule has 9 nitrogen and oxygen atoms in total. The molecule has 0 radical (unpaired) electrons. The highest BCUT2D eigenvalue weighted by Crippen LogP contribution is 2.29. The fourth-order valence-corrected chi connectivity index (χ4v) is 4.70. The second-order valence-corrected chi connectivity index (χ2v) is 9.34. The van der Waals surface area contributed by atoms with Crippen LogP contribution in [0.3, 0.4) is 0 Å². The van der Waals surface area contributed by atoms with E-state index in [0.717, 1.165) is 36.8 Å². The average molecular weight is 490 g/mol. The van der Waals surface area contributed by atoms with Crippen molar-refractivity contribution < 1.29 is 19.5 Å². The SMILES string of the molecule is NC[C@H]1CC[C@H](C(=O)NC(Cc2cccc(C(=O)O)c2)c2nc(-c3ccc(C(N)=O)cc3)c[nH]2)CC1. The van der Waals surface area contributed by atoms with Crippen LogP contribution < -0.4 is 16.8 Å². The molecule has 1 atom stereocenters. The Morgan fingerprint density at radius 2 is 1.78 bits per heavy atom. The summed E-state index contributed by atoms with van der Waals surface area (Å²) in [5.74, 6) is -0.596. The van der Waals surface area contributed by atoms with E-state index in [2.05, 4.69) is 10.3 Å². The minimum atomic E-state index is -1.01. The van der Waals surface area contributed by atoms with Gasteiger partial charge in [-0.15, -0.1) is 0 Å². The lowest BCUT2D eigenvalue weighted by Crippen LogP contribution is -2.37. The van der Waals surface area contributed by atoms with Crippen LogP contribution in [0.2, 0.25) is 0 Å². The number of H-pyrrole nitrogens is 1. The molecule has 9 heteroatoms. The van der Waals surface area contributed by atoms with Crippen LogP contribution in [0.4, 0.5) is 0 Å². The van der Waals surface area contributed by atoms with E-state index in [9.17, 15) is 19.5 Å². The maximum Gasteiger partial charge on any atom is 0.335 e. The molecule has 2 aromatic carbocycles. The van der Waals surface area contributed by atoms with Gasteiger partial charge in [0.2, 0.25) is 11.8 Å². The molecule has 1 saturated carbocycles. The summed E-state index contributed by atoms with van der Waals surface area (Å²) in [6, 6.07) is 13.0. The summed E-state index contributed by atoms with van der Waals surface area (Å²) in [4.78, 5) is 43.9. The normalized spacial score (nSPS) is 18.4. The van der Waals surface area contributed by atoms with E-state index in [1.807, 2.05) is 6.07 Å². The number of amides is 2. The standard InChI is InChI=1S/C27H31N5O4/c28-14-16-4-6-20(7-5-16)26(34)32-22(13-17-2-1-3-21(12-17)27(35)36)25-30-15-23(31-25)18-8-10-19(11-9-18)24(29)33/h1-3,8-12,15-16,20,22H,4-7,13-14,28H2,(H2,29,33)(H,30,31)(H,32,34)(H,35,36)/t16-,20-,22?. The van der Waals surface area contributed by atoms with Crippen molar-refractivity contribution in [3.63, 3.8) is 0 Å². The number of nitrogens with two attached hydrogens (primary N) is 2. The first-order chi connectivity index (χ1) is 17.3. The molecule has 1 heterocycles. The highest BCUT2D eigenvalue weighted by Gasteiger charge is 2.28. The zero-order valence-electron chi connectivity index (χ0n) is 19.9. The van der Waals surface area contributed by atoms with Gasteiger partial charge in [-0.1, -0.05) is 24.3 Å². The number of carboxylic acids is 1. The number of nitrogens with one attached hydrogen (secondary N) is 2. The van der Waals surface area contributed by atoms with Gasteiger partial charge in [0, 0.05) is 23.2 Å². The smallest absolute Gasteiger partial charge is 0.335 e. The number of carbonyl (C=O) groups excluding carboxylic acids is 2. The van der Waals surface area contributed by atoms with Crippen molar-refractivity contribution in [2.75, 3.05) is 6.54 Å². The predicted octanol–water partition coefficient (Wildman–Crippen LogP) is 3.04. The molecule has 1 aliphatic rings. The predicted molar refractivity (Wildman–Crippen MR) is 135 cm³/mol. The molecule has 1 fully saturated rings. The molecule has 7 N–H and O–H groups in total. The zero-order chi connectivity index (χ0) is 25.7. The topological polar surface area (TPSA) is 164 Å². The van der Waals surface area contributed by atoms with E-state index in [-0.39, 0.29) is 17.4 Å². The van der Waals surface area contributed by atoms with Gasteiger partial charge in [-0.2, -0.15) is 0 Å². The number of aromatic amines is 1. The highest BCUT2D eigenvalue weighted by atomic mass is 16.4. The lowest BCUT2D eigenvalue weighted by atomic mass is 9.81. The molecule has 2 amide bonds. The molecule has 188 valence electrons. The summed E-state index contributed by atoms with van der Waals surface area (Å²) in [5, 5.41) is 12.5. The fraction of sp³-hybridized carbons (Fsp3) is 0.333. The first kappa shape index (κ1) is 25.1. The summed E-state index contributed by atoms with van der Waals surface area (Å²) < 4.78 is 0. The molecule has 0 saturated heterocycles. The van der Waals surface area contributed by atoms with Crippen molar-refractivity contribution >= 4 is 17.8 Å². The summed E-state index contributed by atoms with van der Waals surface area (Å²) in [6.07, 6.45) is 5.58. The van der Waals surface area contributed by atoms with E-state index in [0.29, 0.717) is 36.0 Å². The molecule has 0 bridgehead atoms. The van der Waals surface area contributed by atoms with Gasteiger partial charge in [-0.3, -0.25) is 9.59 Å². The van der Waals surface area contributed by atoms with Crippen molar-refractivity contribution in [2.45, 2.75) is 38.1 Å². The summed E-state index contributed by atoms with van der Waals surface area (Å²) in [6.45, 7) is 0.645. The number of carbonyl (C=O) groups is 3. The number of benzene rings is 2. The number of rotatable bonds is 9. The van der Waals surface area contributed by atoms with Gasteiger partial charge in [0.15, 0.2) is 0 Å². The van der Waals surface area contributed by atoms with Crippen LogP contribution >= 0.6 is 0 Å². The average Bonchev–Trinajstić information content (AvgIpc) is 3.39. The summed E-state index contributed by atoms with van der Waals surface area (Å²) >= 11 is 0. The first-order valence-electron chi connectivity index (χ1n) is 12.1. The van der Waals surface area contributed by atoms with Crippen LogP contribution in [0.1, 0.15) is 63.8 Å². The third-order valence-corrected chi connectivity index (χ3v) is 6.87. The number of imidazole rings is 1. The Kier molecular flexibility index (Phi) is 7.80. The Labute approximate surface area is 209 Å². The number of aromatic nitrogens is 2. The molecule has 3 aromatic rings. The fourth-order valence-electron chi connectivity index (χ4n) is 4.70. The maximum atomic E-state index is 13.2. The molecule has 1 unspecified atom stereocenters. The van der Waals surface area contributed by atoms with Gasteiger partial charge in [0.1, 0.15) is 5.82 Å². The lowest BCUT2D eigenvalue weighted by Gasteiger charge is -2.28. The van der Waals surface area contributed by atoms with Crippen LogP contribution in [-0.2, 0) is 11.2 Å². The quantitative estimate of drug-likeness (QED) is 0.310. The second-order valence-electron chi connectivity index (χ2n) is 9.34. The van der Waals surface area contributed by atoms with Gasteiger partial charge in [0.05, 0.1) is 17.3 Å². The Morgan fingerprint density at radius 1 is 1.06 bits per heavy atom. The Balaban J connectivity index is 1.57. The van der Waals surface area contributed by atoms with Crippen LogP contribution in [0, 0.1) is 11.8 Å². The molecule has 1 aromatic heterocycles. The Hall–Kier alpha value is -3.98. The van der Waals surface area contributed by atoms with Crippen molar-refractivity contribution in [1.29, 1.82) is 0 Å². The summed E-state index contributed by atoms with van der Waals surface area (Å²) in [7, 11) is 0. The van der Waals surface area contributed by atoms with Gasteiger partial charge in [-0.25, -0.2) is 9.78 Å². The van der Waals surface area contributed by atoms with Gasteiger partial charge in [0.25, 0.3) is 0 Å². The molecule has 1 aliphatic carbocycles. The Bertz CT molecular complexity index is 1230. The largest absolute Gasteiger partial charge is 0.478 e. The van der Waals surface area contributed by atoms with Crippen molar-refractivity contribution in [2.24, 2.45) is 23.3 Å². The van der Waals surface area contributed by atoms with Gasteiger partial charge >= 0.3 is 5.97 Å². The lowest BCUT2D eigenvalue weighted by molar-refractivity contribution is -0.127. The minimum absolute atomic E-state index is 0.0337. The summed E-state index contributed by atoms with van der Waals surface area (Å²) in [5.41, 5.74) is 13.9. The van der Waals surface area contributed by atoms with E-state index >= 15 is 0 Å². The number of nitrogens with zero attached hydrogens (tertiary/aromatic N) is 1. The molecular weight excluding hydrogens is 458 g/mol. The number of aromatic carboxylic acids is 1. The molecular formula is C27H31N5O4. The first-order valence-corrected chi connectivity index (χ1v) is 12.1. The van der Waals surface area contributed by atoms with E-state index in [1.165, 1.54) is 6.07 Å². The van der Waals surface area contributed by atoms with E-state index < -0.39 is 17.9 Å². The molecule has 36 heavy (non-hydrogen) atoms. The second kappa shape index (κ2) is 11.2. The van der Waals surface area contributed by atoms with Crippen LogP contribution in [0.25, 0.3) is 11.3 Å². The van der Waals surface area contributed by atoms with Crippen LogP contribution in [0.5, 0.6) is 0 Å². The van der Waals surface area contributed by atoms with E-state index in [1.54, 1.807) is 42.6 Å². The van der Waals surface area contributed by atoms with Crippen LogP contribution in [-0.4, -0.2) is 39.4 Å². The maximum absolute atomic E-state index is 13.2. The van der Waals surface area contributed by atoms with E-state index in [4.69, 9.17) is 16.5 Å². The third-order valence-electron chi connectivity index (χ3n) is 6.87. The van der Waals surface area contributed by atoms with Gasteiger partial charge in [-0.05, 0) is 74.4 Å². The monoisotopic (exact) mass is 489 g/mol. The Morgan fingerprint density at radius 3 is 2.42 bits per heavy atom. The highest BCUT2D eigenvalue weighted by molar-refractivity contribution is 5.93. The molecule has 0 spiro atoms. The van der Waals surface area contributed by atoms with Crippen molar-refractivity contribution in [1.82, 2.24) is 15.3 Å². The number of hydrogen-bond acceptors (Lipinski definition) is 5. The number of primary amides is 1. The number of hydrogen-bond donors (Lipinski definition) is 5. The third kappa shape index (κ3) is 5.98. The van der Waals surface area contributed by atoms with Gasteiger partial charge < -0.3 is 26.9 Å². The zero-order valence-corrected chi connectivity index (χ0v) is 19.9. The van der Waals surface area contributed by atoms with Crippen molar-refractivity contribution in [3.8, 4) is 11.3 Å². The number of carboxylic acid groups (broad SMARTS) is 1. The minimum Gasteiger partial charge on any atom is -0.478 e. The van der Waals surface area contributed by atoms with Crippen LogP contribution in [0.15, 0.2) is 54.7 Å². The molecule has 0 aliphatic heterocycles. The van der Waals surface area contributed by atoms with Crippen molar-refractivity contribution in [3.05, 3.63) is 77.2 Å².